The van der Waals surface area contributed by atoms with Crippen LogP contribution in [0, 0.1) is 12.8 Å². The number of hydrogen-bond acceptors (Lipinski definition) is 4. The molecular formula is C19H24N2O3. The summed E-state index contributed by atoms with van der Waals surface area (Å²) in [5.74, 6) is 1.45. The van der Waals surface area contributed by atoms with Crippen LogP contribution in [0.15, 0.2) is 24.3 Å². The molecule has 128 valence electrons. The molecule has 0 spiro atoms. The molecule has 1 aromatic carbocycles. The molecule has 1 aliphatic rings. The lowest BCUT2D eigenvalue weighted by atomic mass is 10.1. The van der Waals surface area contributed by atoms with E-state index in [4.69, 9.17) is 9.47 Å². The van der Waals surface area contributed by atoms with Gasteiger partial charge in [0.25, 0.3) is 5.91 Å². The number of aromatic nitrogens is 1. The summed E-state index contributed by atoms with van der Waals surface area (Å²) in [4.78, 5) is 16.9. The summed E-state index contributed by atoms with van der Waals surface area (Å²) >= 11 is 0. The number of benzene rings is 1. The van der Waals surface area contributed by atoms with Gasteiger partial charge in [-0.25, -0.2) is 0 Å². The minimum absolute atomic E-state index is 0.0908. The summed E-state index contributed by atoms with van der Waals surface area (Å²) in [7, 11) is 1.63. The number of aryl methyl sites for hydroxylation is 1. The molecule has 0 atom stereocenters. The van der Waals surface area contributed by atoms with Crippen molar-refractivity contribution in [1.82, 2.24) is 10.3 Å². The summed E-state index contributed by atoms with van der Waals surface area (Å²) in [6.45, 7) is 4.03. The zero-order valence-electron chi connectivity index (χ0n) is 14.3. The minimum Gasteiger partial charge on any atom is -0.497 e. The van der Waals surface area contributed by atoms with E-state index >= 15 is 0 Å². The molecule has 0 radical (unpaired) electrons. The molecule has 1 heterocycles. The SMILES string of the molecule is COc1ccc2nc(C)c(C(=O)NCCCOCC3CC3)cc2c1. The van der Waals surface area contributed by atoms with Crippen molar-refractivity contribution in [3.05, 3.63) is 35.5 Å². The highest BCUT2D eigenvalue weighted by Crippen LogP contribution is 2.28. The Hall–Kier alpha value is -2.14. The van der Waals surface area contributed by atoms with E-state index in [0.29, 0.717) is 18.7 Å². The van der Waals surface area contributed by atoms with E-state index < -0.39 is 0 Å². The highest BCUT2D eigenvalue weighted by molar-refractivity contribution is 5.98. The Morgan fingerprint density at radius 1 is 1.33 bits per heavy atom. The van der Waals surface area contributed by atoms with E-state index in [9.17, 15) is 4.79 Å². The summed E-state index contributed by atoms with van der Waals surface area (Å²) < 4.78 is 10.8. The molecule has 1 saturated carbocycles. The average Bonchev–Trinajstić information content (AvgIpc) is 3.41. The topological polar surface area (TPSA) is 60.5 Å². The maximum Gasteiger partial charge on any atom is 0.253 e. The van der Waals surface area contributed by atoms with Crippen molar-refractivity contribution in [2.75, 3.05) is 26.9 Å². The Morgan fingerprint density at radius 2 is 2.17 bits per heavy atom. The van der Waals surface area contributed by atoms with Crippen molar-refractivity contribution in [2.45, 2.75) is 26.2 Å². The molecule has 5 heteroatoms. The van der Waals surface area contributed by atoms with Crippen molar-refractivity contribution < 1.29 is 14.3 Å². The van der Waals surface area contributed by atoms with Crippen LogP contribution < -0.4 is 10.1 Å². The van der Waals surface area contributed by atoms with Crippen molar-refractivity contribution in [3.63, 3.8) is 0 Å². The molecule has 1 N–H and O–H groups in total. The van der Waals surface area contributed by atoms with Crippen molar-refractivity contribution in [2.24, 2.45) is 5.92 Å². The normalized spacial score (nSPS) is 13.9. The van der Waals surface area contributed by atoms with Crippen LogP contribution in [0.1, 0.15) is 35.3 Å². The van der Waals surface area contributed by atoms with Crippen LogP contribution in [-0.2, 0) is 4.74 Å². The van der Waals surface area contributed by atoms with Crippen LogP contribution >= 0.6 is 0 Å². The molecule has 0 bridgehead atoms. The first-order chi connectivity index (χ1) is 11.7. The molecule has 1 aliphatic carbocycles. The predicted octanol–water partition coefficient (Wildman–Crippen LogP) is 3.10. The number of methoxy groups -OCH3 is 1. The monoisotopic (exact) mass is 328 g/mol. The quantitative estimate of drug-likeness (QED) is 0.757. The predicted molar refractivity (Wildman–Crippen MR) is 93.5 cm³/mol. The Balaban J connectivity index is 1.57. The fourth-order valence-corrected chi connectivity index (χ4v) is 2.61. The van der Waals surface area contributed by atoms with Gasteiger partial charge in [0.05, 0.1) is 23.9 Å². The van der Waals surface area contributed by atoms with Crippen molar-refractivity contribution >= 4 is 16.8 Å². The molecule has 0 aliphatic heterocycles. The highest BCUT2D eigenvalue weighted by Gasteiger charge is 2.20. The number of pyridine rings is 1. The smallest absolute Gasteiger partial charge is 0.253 e. The largest absolute Gasteiger partial charge is 0.497 e. The Morgan fingerprint density at radius 3 is 2.92 bits per heavy atom. The maximum absolute atomic E-state index is 12.4. The first-order valence-electron chi connectivity index (χ1n) is 8.48. The van der Waals surface area contributed by atoms with Gasteiger partial charge in [-0.3, -0.25) is 9.78 Å². The van der Waals surface area contributed by atoms with Gasteiger partial charge in [-0.1, -0.05) is 0 Å². The second-order valence-corrected chi connectivity index (χ2v) is 6.31. The van der Waals surface area contributed by atoms with Crippen LogP contribution in [0.25, 0.3) is 10.9 Å². The van der Waals surface area contributed by atoms with Crippen LogP contribution in [0.5, 0.6) is 5.75 Å². The highest BCUT2D eigenvalue weighted by atomic mass is 16.5. The molecule has 24 heavy (non-hydrogen) atoms. The first-order valence-corrected chi connectivity index (χ1v) is 8.48. The number of rotatable bonds is 8. The number of carbonyl (C=O) groups is 1. The molecule has 0 saturated heterocycles. The third-order valence-corrected chi connectivity index (χ3v) is 4.26. The second kappa shape index (κ2) is 7.62. The fraction of sp³-hybridized carbons (Fsp3) is 0.474. The van der Waals surface area contributed by atoms with Crippen LogP contribution in [0.3, 0.4) is 0 Å². The number of ether oxygens (including phenoxy) is 2. The second-order valence-electron chi connectivity index (χ2n) is 6.31. The van der Waals surface area contributed by atoms with E-state index in [1.54, 1.807) is 7.11 Å². The van der Waals surface area contributed by atoms with Crippen molar-refractivity contribution in [1.29, 1.82) is 0 Å². The molecule has 1 fully saturated rings. The first kappa shape index (κ1) is 16.7. The molecule has 0 unspecified atom stereocenters. The van der Waals surface area contributed by atoms with Crippen LogP contribution in [0.4, 0.5) is 0 Å². The number of nitrogens with zero attached hydrogens (tertiary/aromatic N) is 1. The summed E-state index contributed by atoms with van der Waals surface area (Å²) in [6, 6.07) is 7.54. The van der Waals surface area contributed by atoms with Gasteiger partial charge in [-0.05, 0) is 56.4 Å². The zero-order valence-corrected chi connectivity index (χ0v) is 14.3. The number of hydrogen-bond donors (Lipinski definition) is 1. The minimum atomic E-state index is -0.0908. The van der Waals surface area contributed by atoms with Gasteiger partial charge in [0.15, 0.2) is 0 Å². The Kier molecular flexibility index (Phi) is 5.30. The van der Waals surface area contributed by atoms with E-state index in [2.05, 4.69) is 10.3 Å². The van der Waals surface area contributed by atoms with Crippen molar-refractivity contribution in [3.8, 4) is 5.75 Å². The summed E-state index contributed by atoms with van der Waals surface area (Å²) in [5.41, 5.74) is 2.20. The van der Waals surface area contributed by atoms with Crippen LogP contribution in [0.2, 0.25) is 0 Å². The summed E-state index contributed by atoms with van der Waals surface area (Å²) in [6.07, 6.45) is 3.43. The molecule has 1 amide bonds. The number of carbonyl (C=O) groups excluding carboxylic acids is 1. The maximum atomic E-state index is 12.4. The molecule has 5 nitrogen and oxygen atoms in total. The standard InChI is InChI=1S/C19H24N2O3/c1-13-17(11-15-10-16(23-2)6-7-18(15)21-13)19(22)20-8-3-9-24-12-14-4-5-14/h6-7,10-11,14H,3-5,8-9,12H2,1-2H3,(H,20,22). The summed E-state index contributed by atoms with van der Waals surface area (Å²) in [5, 5.41) is 3.85. The van der Waals surface area contributed by atoms with E-state index in [-0.39, 0.29) is 5.91 Å². The van der Waals surface area contributed by atoms with Gasteiger partial charge < -0.3 is 14.8 Å². The van der Waals surface area contributed by atoms with Gasteiger partial charge in [0.2, 0.25) is 0 Å². The number of fused-ring (bicyclic) bond motifs is 1. The van der Waals surface area contributed by atoms with Gasteiger partial charge >= 0.3 is 0 Å². The van der Waals surface area contributed by atoms with Gasteiger partial charge in [0.1, 0.15) is 5.75 Å². The zero-order chi connectivity index (χ0) is 16.9. The Labute approximate surface area is 142 Å². The molecule has 2 aromatic rings. The lowest BCUT2D eigenvalue weighted by Gasteiger charge is -2.10. The molecule has 1 aromatic heterocycles. The lowest BCUT2D eigenvalue weighted by molar-refractivity contribution is 0.0936. The third kappa shape index (κ3) is 4.23. The fourth-order valence-electron chi connectivity index (χ4n) is 2.61. The third-order valence-electron chi connectivity index (χ3n) is 4.26. The number of nitrogens with one attached hydrogen (secondary N) is 1. The number of amides is 1. The van der Waals surface area contributed by atoms with Gasteiger partial charge in [-0.2, -0.15) is 0 Å². The Bertz CT molecular complexity index is 726. The van der Waals surface area contributed by atoms with Gasteiger partial charge in [0, 0.05) is 25.1 Å². The molecule has 3 rings (SSSR count). The van der Waals surface area contributed by atoms with E-state index in [0.717, 1.165) is 41.3 Å². The molecular weight excluding hydrogens is 304 g/mol. The van der Waals surface area contributed by atoms with E-state index in [1.807, 2.05) is 31.2 Å². The average molecular weight is 328 g/mol. The van der Waals surface area contributed by atoms with E-state index in [1.165, 1.54) is 12.8 Å². The lowest BCUT2D eigenvalue weighted by Crippen LogP contribution is -2.26. The van der Waals surface area contributed by atoms with Gasteiger partial charge in [-0.15, -0.1) is 0 Å². The van der Waals surface area contributed by atoms with Crippen LogP contribution in [-0.4, -0.2) is 37.8 Å².